The van der Waals surface area contributed by atoms with Crippen LogP contribution < -0.4 is 10.3 Å². The van der Waals surface area contributed by atoms with Crippen molar-refractivity contribution in [2.75, 3.05) is 12.9 Å². The van der Waals surface area contributed by atoms with E-state index >= 15 is 0 Å². The van der Waals surface area contributed by atoms with Gasteiger partial charge in [0.2, 0.25) is 0 Å². The summed E-state index contributed by atoms with van der Waals surface area (Å²) < 4.78 is 12.7. The number of carbonyl (C=O) groups excluding carboxylic acids is 1. The number of nitrogens with zero attached hydrogens (tertiary/aromatic N) is 3. The number of methoxy groups -OCH3 is 1. The van der Waals surface area contributed by atoms with Gasteiger partial charge in [-0.1, -0.05) is 42.1 Å². The van der Waals surface area contributed by atoms with Crippen LogP contribution in [0.2, 0.25) is 0 Å². The van der Waals surface area contributed by atoms with Crippen molar-refractivity contribution in [3.05, 3.63) is 87.8 Å². The van der Waals surface area contributed by atoms with E-state index < -0.39 is 0 Å². The topological polar surface area (TPSA) is 83.3 Å². The number of fused-ring (bicyclic) bond motifs is 2. The molecule has 4 aromatic rings. The zero-order valence-corrected chi connectivity index (χ0v) is 20.6. The lowest BCUT2D eigenvalue weighted by Gasteiger charge is -2.31. The average molecular weight is 488 g/mol. The number of pyridine rings is 1. The Balaban J connectivity index is 1.61. The lowest BCUT2D eigenvalue weighted by atomic mass is 9.95. The highest BCUT2D eigenvalue weighted by Gasteiger charge is 2.28. The molecule has 0 unspecified atom stereocenters. The van der Waals surface area contributed by atoms with Crippen molar-refractivity contribution in [1.82, 2.24) is 14.5 Å². The quantitative estimate of drug-likeness (QED) is 0.223. The minimum atomic E-state index is -0.328. The van der Waals surface area contributed by atoms with Gasteiger partial charge in [0.05, 0.1) is 41.8 Å². The number of Topliss-reactive ketones (excluding diaryl/α,β-unsaturated/α-hetero) is 1. The van der Waals surface area contributed by atoms with E-state index in [1.165, 1.54) is 16.3 Å². The van der Waals surface area contributed by atoms with Crippen LogP contribution in [-0.2, 0) is 17.8 Å². The molecular formula is C27H25N3O4S. The first kappa shape index (κ1) is 23.3. The maximum Gasteiger partial charge on any atom is 0.268 e. The maximum atomic E-state index is 13.7. The van der Waals surface area contributed by atoms with Crippen LogP contribution in [0, 0.1) is 0 Å². The first-order valence-corrected chi connectivity index (χ1v) is 12.3. The Kier molecular flexibility index (Phi) is 6.17. The van der Waals surface area contributed by atoms with Gasteiger partial charge in [-0.2, -0.15) is 0 Å². The first-order valence-electron chi connectivity index (χ1n) is 11.3. The van der Waals surface area contributed by atoms with Crippen molar-refractivity contribution < 1.29 is 14.3 Å². The number of aromatic nitrogens is 3. The molecule has 8 heteroatoms. The highest BCUT2D eigenvalue weighted by Crippen LogP contribution is 2.29. The molecule has 0 radical (unpaired) electrons. The van der Waals surface area contributed by atoms with Gasteiger partial charge in [0.1, 0.15) is 5.75 Å². The molecule has 2 aromatic carbocycles. The van der Waals surface area contributed by atoms with Gasteiger partial charge in [-0.25, -0.2) is 9.97 Å². The van der Waals surface area contributed by atoms with E-state index in [1.54, 1.807) is 43.5 Å². The van der Waals surface area contributed by atoms with E-state index in [0.717, 1.165) is 11.3 Å². The van der Waals surface area contributed by atoms with Gasteiger partial charge in [0.25, 0.3) is 5.56 Å². The molecule has 0 atom stereocenters. The fourth-order valence-electron chi connectivity index (χ4n) is 4.07. The van der Waals surface area contributed by atoms with Crippen molar-refractivity contribution in [1.29, 1.82) is 0 Å². The largest absolute Gasteiger partial charge is 0.497 e. The van der Waals surface area contributed by atoms with Crippen molar-refractivity contribution in [3.8, 4) is 11.4 Å². The molecule has 0 saturated carbocycles. The SMILES string of the molecule is COc1ccc(-n2c(SCC(=O)c3ccccc3)nc3nc4c(cc3c2=O)COC(C)(C)C4)cc1. The normalized spacial score (nSPS) is 14.5. The molecular weight excluding hydrogens is 462 g/mol. The van der Waals surface area contributed by atoms with E-state index in [1.807, 2.05) is 38.1 Å². The van der Waals surface area contributed by atoms with Gasteiger partial charge in [0.15, 0.2) is 16.6 Å². The van der Waals surface area contributed by atoms with Crippen LogP contribution in [0.25, 0.3) is 16.7 Å². The third-order valence-electron chi connectivity index (χ3n) is 5.97. The Morgan fingerprint density at radius 3 is 2.57 bits per heavy atom. The number of thioether (sulfide) groups is 1. The van der Waals surface area contributed by atoms with E-state index in [0.29, 0.717) is 46.2 Å². The molecule has 1 aliphatic heterocycles. The summed E-state index contributed by atoms with van der Waals surface area (Å²) in [6.07, 6.45) is 0.635. The predicted molar refractivity (Wildman–Crippen MR) is 136 cm³/mol. The third kappa shape index (κ3) is 4.72. The van der Waals surface area contributed by atoms with E-state index in [9.17, 15) is 9.59 Å². The zero-order chi connectivity index (χ0) is 24.6. The first-order chi connectivity index (χ1) is 16.8. The van der Waals surface area contributed by atoms with Gasteiger partial charge < -0.3 is 9.47 Å². The minimum Gasteiger partial charge on any atom is -0.497 e. The molecule has 0 N–H and O–H groups in total. The molecule has 0 saturated heterocycles. The van der Waals surface area contributed by atoms with Gasteiger partial charge in [-0.15, -0.1) is 0 Å². The molecule has 35 heavy (non-hydrogen) atoms. The lowest BCUT2D eigenvalue weighted by molar-refractivity contribution is -0.0411. The molecule has 0 fully saturated rings. The van der Waals surface area contributed by atoms with Gasteiger partial charge in [-0.05, 0) is 44.2 Å². The molecule has 0 amide bonds. The van der Waals surface area contributed by atoms with Gasteiger partial charge in [0, 0.05) is 17.5 Å². The van der Waals surface area contributed by atoms with Crippen LogP contribution in [0.1, 0.15) is 35.5 Å². The van der Waals surface area contributed by atoms with Crippen molar-refractivity contribution in [2.24, 2.45) is 0 Å². The number of carbonyl (C=O) groups is 1. The summed E-state index contributed by atoms with van der Waals surface area (Å²) in [6, 6.07) is 18.1. The number of hydrogen-bond donors (Lipinski definition) is 0. The Bertz CT molecular complexity index is 1460. The number of ether oxygens (including phenoxy) is 2. The molecule has 178 valence electrons. The summed E-state index contributed by atoms with van der Waals surface area (Å²) in [5.74, 6) is 0.784. The molecule has 3 heterocycles. The number of hydrogen-bond acceptors (Lipinski definition) is 7. The van der Waals surface area contributed by atoms with Crippen LogP contribution in [-0.4, -0.2) is 38.8 Å². The summed E-state index contributed by atoms with van der Waals surface area (Å²) in [6.45, 7) is 4.44. The Labute approximate surface area is 207 Å². The summed E-state index contributed by atoms with van der Waals surface area (Å²) in [5, 5.41) is 0.831. The third-order valence-corrected chi connectivity index (χ3v) is 6.91. The molecule has 0 spiro atoms. The van der Waals surface area contributed by atoms with Crippen LogP contribution in [0.5, 0.6) is 5.75 Å². The van der Waals surface area contributed by atoms with Crippen LogP contribution in [0.3, 0.4) is 0 Å². The zero-order valence-electron chi connectivity index (χ0n) is 19.8. The van der Waals surface area contributed by atoms with Gasteiger partial charge >= 0.3 is 0 Å². The fourth-order valence-corrected chi connectivity index (χ4v) is 4.97. The van der Waals surface area contributed by atoms with Crippen molar-refractivity contribution >= 4 is 28.6 Å². The Morgan fingerprint density at radius 1 is 1.11 bits per heavy atom. The Hall–Kier alpha value is -3.49. The number of benzene rings is 2. The van der Waals surface area contributed by atoms with E-state index in [-0.39, 0.29) is 22.7 Å². The van der Waals surface area contributed by atoms with Crippen LogP contribution in [0.4, 0.5) is 0 Å². The standard InChI is InChI=1S/C27H25N3O4S/c1-27(2)14-22-18(15-34-27)13-21-24(28-22)29-26(35-16-23(31)17-7-5-4-6-8-17)30(25(21)32)19-9-11-20(33-3)12-10-19/h4-13H,14-16H2,1-3H3. The summed E-state index contributed by atoms with van der Waals surface area (Å²) in [7, 11) is 1.59. The second-order valence-corrected chi connectivity index (χ2v) is 9.94. The van der Waals surface area contributed by atoms with Crippen molar-refractivity contribution in [2.45, 2.75) is 37.6 Å². The second-order valence-electron chi connectivity index (χ2n) is 9.00. The van der Waals surface area contributed by atoms with Crippen LogP contribution in [0.15, 0.2) is 70.6 Å². The van der Waals surface area contributed by atoms with E-state index in [4.69, 9.17) is 19.4 Å². The highest BCUT2D eigenvalue weighted by molar-refractivity contribution is 7.99. The molecule has 1 aliphatic rings. The molecule has 7 nitrogen and oxygen atoms in total. The lowest BCUT2D eigenvalue weighted by Crippen LogP contribution is -2.33. The molecule has 0 bridgehead atoms. The second kappa shape index (κ2) is 9.28. The molecule has 2 aromatic heterocycles. The molecule has 5 rings (SSSR count). The average Bonchev–Trinajstić information content (AvgIpc) is 2.86. The van der Waals surface area contributed by atoms with Crippen molar-refractivity contribution in [3.63, 3.8) is 0 Å². The van der Waals surface area contributed by atoms with Gasteiger partial charge in [-0.3, -0.25) is 14.2 Å². The van der Waals surface area contributed by atoms with Crippen LogP contribution >= 0.6 is 11.8 Å². The summed E-state index contributed by atoms with van der Waals surface area (Å²) in [5.41, 5.74) is 2.85. The molecule has 0 aliphatic carbocycles. The fraction of sp³-hybridized carbons (Fsp3) is 0.259. The van der Waals surface area contributed by atoms with E-state index in [2.05, 4.69) is 0 Å². The number of ketones is 1. The predicted octanol–water partition coefficient (Wildman–Crippen LogP) is 4.62. The minimum absolute atomic E-state index is 0.0384. The maximum absolute atomic E-state index is 13.7. The summed E-state index contributed by atoms with van der Waals surface area (Å²) >= 11 is 1.23. The summed E-state index contributed by atoms with van der Waals surface area (Å²) in [4.78, 5) is 36.0. The number of rotatable bonds is 6. The Morgan fingerprint density at radius 2 is 1.86 bits per heavy atom. The monoisotopic (exact) mass is 487 g/mol. The highest BCUT2D eigenvalue weighted by atomic mass is 32.2. The smallest absolute Gasteiger partial charge is 0.268 e.